The van der Waals surface area contributed by atoms with E-state index < -0.39 is 43.0 Å². The van der Waals surface area contributed by atoms with Gasteiger partial charge in [-0.2, -0.15) is 0 Å². The van der Waals surface area contributed by atoms with Gasteiger partial charge in [-0.05, 0) is 40.4 Å². The molecule has 0 aromatic carbocycles. The first-order chi connectivity index (χ1) is 9.75. The van der Waals surface area contributed by atoms with Crippen molar-refractivity contribution >= 4 is 6.09 Å². The lowest BCUT2D eigenvalue weighted by molar-refractivity contribution is -0.00456. The number of hydrogen-bond donors (Lipinski definition) is 1. The predicted molar refractivity (Wildman–Crippen MR) is 57.6 cm³/mol. The molecule has 1 saturated heterocycles. The average molecular weight is 223 g/mol. The number of ether oxygens (including phenoxy) is 1. The molecule has 0 saturated carbocycles. The van der Waals surface area contributed by atoms with E-state index in [-0.39, 0.29) is 4.90 Å². The van der Waals surface area contributed by atoms with Gasteiger partial charge in [0.05, 0.1) is 8.82 Å². The van der Waals surface area contributed by atoms with Gasteiger partial charge in [-0.3, -0.25) is 0 Å². The molecule has 1 rings (SSSR count). The number of carbonyl (C=O) groups excluding carboxylic acids is 1. The highest BCUT2D eigenvalue weighted by Crippen LogP contribution is 2.20. The molecule has 0 aromatic rings. The molecule has 1 N–H and O–H groups in total. The number of carbonyl (C=O) groups is 1. The van der Waals surface area contributed by atoms with Gasteiger partial charge in [-0.1, -0.05) is 0 Å². The van der Waals surface area contributed by atoms with Crippen molar-refractivity contribution in [2.75, 3.05) is 6.50 Å². The second-order valence-electron chi connectivity index (χ2n) is 4.11. The molecule has 0 bridgehead atoms. The third-order valence-corrected chi connectivity index (χ3v) is 1.50. The SMILES string of the molecule is [2H]C1([2H])N(C(=O)OC(C)(C)C)C([2H])(C)C([2H])([2H])C([2H])(O)C1([2H])[2H]. The van der Waals surface area contributed by atoms with Crippen molar-refractivity contribution in [1.82, 2.24) is 4.90 Å². The molecule has 1 aliphatic rings. The van der Waals surface area contributed by atoms with Crippen molar-refractivity contribution in [3.63, 3.8) is 0 Å². The van der Waals surface area contributed by atoms with Gasteiger partial charge in [0.2, 0.25) is 0 Å². The van der Waals surface area contributed by atoms with E-state index in [0.29, 0.717) is 0 Å². The summed E-state index contributed by atoms with van der Waals surface area (Å²) in [5.41, 5.74) is -1.10. The second kappa shape index (κ2) is 4.39. The number of hydrogen-bond acceptors (Lipinski definition) is 3. The van der Waals surface area contributed by atoms with Crippen LogP contribution in [0.5, 0.6) is 0 Å². The van der Waals surface area contributed by atoms with E-state index in [0.717, 1.165) is 6.92 Å². The van der Waals surface area contributed by atoms with Crippen LogP contribution < -0.4 is 0 Å². The van der Waals surface area contributed by atoms with Gasteiger partial charge in [0, 0.05) is 20.7 Å². The van der Waals surface area contributed by atoms with E-state index in [1.807, 2.05) is 0 Å². The van der Waals surface area contributed by atoms with E-state index in [2.05, 4.69) is 0 Å². The number of aliphatic hydroxyl groups is 1. The monoisotopic (exact) mass is 223 g/mol. The Morgan fingerprint density at radius 2 is 2.27 bits per heavy atom. The molecular formula is C11H21NO3. The van der Waals surface area contributed by atoms with Crippen molar-refractivity contribution in [3.05, 3.63) is 0 Å². The summed E-state index contributed by atoms with van der Waals surface area (Å²) in [6.07, 6.45) is -11.9. The Hall–Kier alpha value is -0.770. The van der Waals surface area contributed by atoms with Gasteiger partial charge in [0.1, 0.15) is 5.60 Å². The minimum absolute atomic E-state index is 0.0335. The zero-order chi connectivity index (χ0) is 18.9. The molecule has 0 spiro atoms. The number of nitrogens with zero attached hydrogens (tertiary/aromatic N) is 1. The lowest BCUT2D eigenvalue weighted by Gasteiger charge is -2.36. The van der Waals surface area contributed by atoms with Gasteiger partial charge >= 0.3 is 6.09 Å². The fourth-order valence-corrected chi connectivity index (χ4v) is 0.941. The predicted octanol–water partition coefficient (Wildman–Crippen LogP) is 1.77. The van der Waals surface area contributed by atoms with Crippen LogP contribution in [0.2, 0.25) is 0 Å². The van der Waals surface area contributed by atoms with Crippen molar-refractivity contribution in [2.24, 2.45) is 0 Å². The third kappa shape index (κ3) is 3.70. The lowest BCUT2D eigenvalue weighted by Crippen LogP contribution is -2.47. The van der Waals surface area contributed by atoms with Crippen molar-refractivity contribution in [3.8, 4) is 0 Å². The Morgan fingerprint density at radius 3 is 2.80 bits per heavy atom. The van der Waals surface area contributed by atoms with Crippen LogP contribution in [-0.2, 0) is 4.74 Å². The molecular weight excluding hydrogens is 194 g/mol. The zero-order valence-electron chi connectivity index (χ0n) is 17.2. The smallest absolute Gasteiger partial charge is 0.410 e. The number of likely N-dealkylation sites (tertiary alicyclic amines) is 1. The lowest BCUT2D eigenvalue weighted by atomic mass is 10.0. The van der Waals surface area contributed by atoms with E-state index >= 15 is 0 Å². The van der Waals surface area contributed by atoms with E-state index in [1.54, 1.807) is 0 Å². The van der Waals surface area contributed by atoms with Crippen LogP contribution in [-0.4, -0.2) is 40.3 Å². The molecule has 2 atom stereocenters. The standard InChI is InChI=1S/C11H21NO3/c1-8-7-9(13)5-6-12(8)10(14)15-11(2,3)4/h8-9,13H,5-7H2,1-4H3/i5D2,6D2,7D2,8D,9D. The fourth-order valence-electron chi connectivity index (χ4n) is 0.941. The summed E-state index contributed by atoms with van der Waals surface area (Å²) in [4.78, 5) is 12.3. The third-order valence-electron chi connectivity index (χ3n) is 1.50. The van der Waals surface area contributed by atoms with Crippen molar-refractivity contribution < 1.29 is 25.6 Å². The summed E-state index contributed by atoms with van der Waals surface area (Å²) in [6, 6.07) is -2.80. The van der Waals surface area contributed by atoms with Crippen LogP contribution >= 0.6 is 0 Å². The van der Waals surface area contributed by atoms with E-state index in [4.69, 9.17) is 15.7 Å². The highest BCUT2D eigenvalue weighted by molar-refractivity contribution is 5.68. The maximum absolute atomic E-state index is 12.3. The van der Waals surface area contributed by atoms with Crippen LogP contribution in [0.15, 0.2) is 0 Å². The molecule has 4 nitrogen and oxygen atoms in total. The van der Waals surface area contributed by atoms with Gasteiger partial charge < -0.3 is 14.7 Å². The highest BCUT2D eigenvalue weighted by atomic mass is 16.6. The Balaban J connectivity index is 3.60. The maximum atomic E-state index is 12.3. The summed E-state index contributed by atoms with van der Waals surface area (Å²) in [5, 5.41) is 10.0. The summed E-state index contributed by atoms with van der Waals surface area (Å²) in [5.74, 6) is 0. The Labute approximate surface area is 102 Å². The largest absolute Gasteiger partial charge is 0.444 e. The normalized spacial score (nSPS) is 55.4. The number of rotatable bonds is 0. The molecule has 1 heterocycles. The quantitative estimate of drug-likeness (QED) is 0.681. The van der Waals surface area contributed by atoms with Crippen molar-refractivity contribution in [1.29, 1.82) is 0 Å². The topological polar surface area (TPSA) is 49.8 Å². The summed E-state index contributed by atoms with van der Waals surface area (Å²) in [6.45, 7) is 1.82. The molecule has 1 aliphatic heterocycles. The summed E-state index contributed by atoms with van der Waals surface area (Å²) in [7, 11) is 0. The van der Waals surface area contributed by atoms with Crippen LogP contribution in [0.3, 0.4) is 0 Å². The molecule has 0 radical (unpaired) electrons. The molecule has 2 unspecified atom stereocenters. The Kier molecular flexibility index (Phi) is 1.48. The first-order valence-electron chi connectivity index (χ1n) is 8.51. The van der Waals surface area contributed by atoms with Gasteiger partial charge in [-0.15, -0.1) is 0 Å². The zero-order valence-corrected chi connectivity index (χ0v) is 9.21. The molecule has 1 fully saturated rings. The molecule has 0 aliphatic carbocycles. The first-order valence-corrected chi connectivity index (χ1v) is 4.51. The summed E-state index contributed by atoms with van der Waals surface area (Å²) >= 11 is 0. The van der Waals surface area contributed by atoms with Crippen LogP contribution in [0, 0.1) is 0 Å². The Morgan fingerprint density at radius 1 is 1.67 bits per heavy atom. The average Bonchev–Trinajstić information content (AvgIpc) is 2.22. The maximum Gasteiger partial charge on any atom is 0.410 e. The van der Waals surface area contributed by atoms with Gasteiger partial charge in [-0.25, -0.2) is 4.79 Å². The minimum Gasteiger partial charge on any atom is -0.444 e. The van der Waals surface area contributed by atoms with Gasteiger partial charge in [0.15, 0.2) is 0 Å². The highest BCUT2D eigenvalue weighted by Gasteiger charge is 2.30. The molecule has 4 heteroatoms. The molecule has 0 aromatic heterocycles. The fraction of sp³-hybridized carbons (Fsp3) is 0.909. The van der Waals surface area contributed by atoms with E-state index in [9.17, 15) is 9.90 Å². The minimum atomic E-state index is -3.61. The second-order valence-corrected chi connectivity index (χ2v) is 4.11. The molecule has 15 heavy (non-hydrogen) atoms. The van der Waals surface area contributed by atoms with Crippen LogP contribution in [0.1, 0.15) is 51.4 Å². The number of piperidine rings is 1. The van der Waals surface area contributed by atoms with Crippen molar-refractivity contribution in [2.45, 2.75) is 58.1 Å². The number of amides is 1. The summed E-state index contributed by atoms with van der Waals surface area (Å²) < 4.78 is 67.4. The van der Waals surface area contributed by atoms with Gasteiger partial charge in [0.25, 0.3) is 0 Å². The Bertz CT molecular complexity index is 482. The van der Waals surface area contributed by atoms with Crippen LogP contribution in [0.4, 0.5) is 4.79 Å². The molecule has 88 valence electrons. The van der Waals surface area contributed by atoms with Crippen LogP contribution in [0.25, 0.3) is 0 Å². The molecule has 1 amide bonds. The first kappa shape index (κ1) is 5.04. The van der Waals surface area contributed by atoms with E-state index in [1.165, 1.54) is 20.8 Å².